The van der Waals surface area contributed by atoms with Crippen LogP contribution in [-0.2, 0) is 13.6 Å². The van der Waals surface area contributed by atoms with Gasteiger partial charge in [0.05, 0.1) is 23.7 Å². The first-order chi connectivity index (χ1) is 10.6. The van der Waals surface area contributed by atoms with Gasteiger partial charge >= 0.3 is 0 Å². The Kier molecular flexibility index (Phi) is 2.72. The van der Waals surface area contributed by atoms with Crippen LogP contribution >= 0.6 is 0 Å². The summed E-state index contributed by atoms with van der Waals surface area (Å²) in [6.07, 6.45) is 4.37. The van der Waals surface area contributed by atoms with Gasteiger partial charge in [0.2, 0.25) is 0 Å². The van der Waals surface area contributed by atoms with Gasteiger partial charge in [0.15, 0.2) is 0 Å². The topological polar surface area (TPSA) is 42.7 Å². The van der Waals surface area contributed by atoms with E-state index in [9.17, 15) is 8.78 Å². The molecule has 0 saturated heterocycles. The highest BCUT2D eigenvalue weighted by Crippen LogP contribution is 2.39. The lowest BCUT2D eigenvalue weighted by atomic mass is 9.97. The number of hydrogen-bond donors (Lipinski definition) is 1. The fraction of sp³-hybridized carbons (Fsp3) is 0.125. The second-order valence-corrected chi connectivity index (χ2v) is 5.27. The molecule has 22 heavy (non-hydrogen) atoms. The van der Waals surface area contributed by atoms with Crippen molar-refractivity contribution in [3.05, 3.63) is 54.0 Å². The number of anilines is 1. The number of aromatic nitrogens is 3. The summed E-state index contributed by atoms with van der Waals surface area (Å²) in [5.41, 5.74) is 4.02. The highest BCUT2D eigenvalue weighted by atomic mass is 19.1. The Morgan fingerprint density at radius 3 is 2.77 bits per heavy atom. The lowest BCUT2D eigenvalue weighted by molar-refractivity contribution is 0.621. The summed E-state index contributed by atoms with van der Waals surface area (Å²) in [5.74, 6) is -0.814. The second-order valence-electron chi connectivity index (χ2n) is 5.27. The first-order valence-corrected chi connectivity index (χ1v) is 6.83. The lowest BCUT2D eigenvalue weighted by Gasteiger charge is -2.21. The van der Waals surface area contributed by atoms with E-state index in [2.05, 4.69) is 15.4 Å². The molecular weight excluding hydrogens is 286 g/mol. The van der Waals surface area contributed by atoms with Crippen LogP contribution in [-0.4, -0.2) is 14.8 Å². The van der Waals surface area contributed by atoms with Crippen molar-refractivity contribution in [1.29, 1.82) is 0 Å². The summed E-state index contributed by atoms with van der Waals surface area (Å²) in [4.78, 5) is 3.81. The zero-order valence-corrected chi connectivity index (χ0v) is 11.8. The molecular formula is C16H12F2N4. The van der Waals surface area contributed by atoms with Crippen LogP contribution in [0.4, 0.5) is 14.5 Å². The van der Waals surface area contributed by atoms with Crippen LogP contribution in [0.2, 0.25) is 0 Å². The summed E-state index contributed by atoms with van der Waals surface area (Å²) in [7, 11) is 1.79. The number of pyridine rings is 1. The predicted molar refractivity (Wildman–Crippen MR) is 79.1 cm³/mol. The molecule has 3 heterocycles. The summed E-state index contributed by atoms with van der Waals surface area (Å²) in [6.45, 7) is 0.584. The highest BCUT2D eigenvalue weighted by molar-refractivity contribution is 5.85. The van der Waals surface area contributed by atoms with E-state index in [0.29, 0.717) is 28.9 Å². The minimum Gasteiger partial charge on any atom is -0.380 e. The highest BCUT2D eigenvalue weighted by Gasteiger charge is 2.24. The number of halogens is 2. The van der Waals surface area contributed by atoms with Gasteiger partial charge in [-0.3, -0.25) is 9.67 Å². The molecule has 0 aliphatic carbocycles. The molecule has 110 valence electrons. The zero-order chi connectivity index (χ0) is 15.3. The lowest BCUT2D eigenvalue weighted by Crippen LogP contribution is -2.11. The molecule has 1 aromatic carbocycles. The van der Waals surface area contributed by atoms with E-state index in [4.69, 9.17) is 0 Å². The number of rotatable bonds is 1. The third kappa shape index (κ3) is 1.88. The quantitative estimate of drug-likeness (QED) is 0.749. The zero-order valence-electron chi connectivity index (χ0n) is 11.8. The van der Waals surface area contributed by atoms with Crippen molar-refractivity contribution >= 4 is 5.69 Å². The van der Waals surface area contributed by atoms with Crippen molar-refractivity contribution in [3.63, 3.8) is 0 Å². The largest absolute Gasteiger partial charge is 0.380 e. The standard InChI is InChI=1S/C16H12F2N4/c1-22-16-11(7-21-22)6-20-14-4-9(3-13(18)15(14)16)10-2-12(17)8-19-5-10/h2-5,7-8,20H,6H2,1H3. The van der Waals surface area contributed by atoms with E-state index in [1.165, 1.54) is 18.3 Å². The molecule has 0 atom stereocenters. The molecule has 0 unspecified atom stereocenters. The van der Waals surface area contributed by atoms with E-state index >= 15 is 0 Å². The van der Waals surface area contributed by atoms with Crippen molar-refractivity contribution in [2.24, 2.45) is 7.05 Å². The molecule has 0 saturated carbocycles. The number of nitrogens with one attached hydrogen (secondary N) is 1. The molecule has 0 radical (unpaired) electrons. The molecule has 4 rings (SSSR count). The summed E-state index contributed by atoms with van der Waals surface area (Å²) in [5, 5.41) is 7.37. The summed E-state index contributed by atoms with van der Waals surface area (Å²) >= 11 is 0. The van der Waals surface area contributed by atoms with Gasteiger partial charge in [-0.1, -0.05) is 0 Å². The maximum atomic E-state index is 14.7. The van der Waals surface area contributed by atoms with Crippen molar-refractivity contribution in [1.82, 2.24) is 14.8 Å². The number of aryl methyl sites for hydroxylation is 1. The minimum atomic E-state index is -0.447. The maximum Gasteiger partial charge on any atom is 0.142 e. The van der Waals surface area contributed by atoms with Crippen molar-refractivity contribution in [3.8, 4) is 22.4 Å². The van der Waals surface area contributed by atoms with Crippen molar-refractivity contribution in [2.45, 2.75) is 6.54 Å². The fourth-order valence-corrected chi connectivity index (χ4v) is 2.85. The van der Waals surface area contributed by atoms with Gasteiger partial charge in [0.25, 0.3) is 0 Å². The van der Waals surface area contributed by atoms with Gasteiger partial charge in [0, 0.05) is 36.6 Å². The molecule has 2 aromatic heterocycles. The van der Waals surface area contributed by atoms with E-state index < -0.39 is 5.82 Å². The average molecular weight is 298 g/mol. The SMILES string of the molecule is Cn1ncc2c1-c1c(F)cc(-c3cncc(F)c3)cc1NC2. The van der Waals surface area contributed by atoms with Gasteiger partial charge in [-0.2, -0.15) is 5.10 Å². The first-order valence-electron chi connectivity index (χ1n) is 6.83. The minimum absolute atomic E-state index is 0.367. The molecule has 1 aliphatic rings. The molecule has 0 fully saturated rings. The van der Waals surface area contributed by atoms with Gasteiger partial charge in [0.1, 0.15) is 11.6 Å². The maximum absolute atomic E-state index is 14.7. The Labute approximate surface area is 125 Å². The van der Waals surface area contributed by atoms with Crippen LogP contribution in [0.15, 0.2) is 36.8 Å². The van der Waals surface area contributed by atoms with E-state index in [0.717, 1.165) is 17.5 Å². The van der Waals surface area contributed by atoms with Gasteiger partial charge < -0.3 is 5.32 Å². The van der Waals surface area contributed by atoms with E-state index in [1.54, 1.807) is 17.9 Å². The number of fused-ring (bicyclic) bond motifs is 3. The second kappa shape index (κ2) is 4.62. The first kappa shape index (κ1) is 12.9. The number of benzene rings is 1. The Balaban J connectivity index is 1.92. The molecule has 0 bridgehead atoms. The van der Waals surface area contributed by atoms with E-state index in [-0.39, 0.29) is 5.82 Å². The molecule has 1 N–H and O–H groups in total. The Bertz CT molecular complexity index is 886. The van der Waals surface area contributed by atoms with E-state index in [1.807, 2.05) is 6.07 Å². The summed E-state index contributed by atoms with van der Waals surface area (Å²) < 4.78 is 29.6. The van der Waals surface area contributed by atoms with Crippen molar-refractivity contribution in [2.75, 3.05) is 5.32 Å². The van der Waals surface area contributed by atoms with Crippen molar-refractivity contribution < 1.29 is 8.78 Å². The predicted octanol–water partition coefficient (Wildman–Crippen LogP) is 3.35. The van der Waals surface area contributed by atoms with Gasteiger partial charge in [-0.15, -0.1) is 0 Å². The molecule has 3 aromatic rings. The third-order valence-electron chi connectivity index (χ3n) is 3.85. The Hall–Kier alpha value is -2.76. The van der Waals surface area contributed by atoms with Gasteiger partial charge in [-0.25, -0.2) is 8.78 Å². The van der Waals surface area contributed by atoms with Crippen LogP contribution in [0.25, 0.3) is 22.4 Å². The summed E-state index contributed by atoms with van der Waals surface area (Å²) in [6, 6.07) is 4.55. The average Bonchev–Trinajstić information content (AvgIpc) is 2.88. The molecule has 1 aliphatic heterocycles. The van der Waals surface area contributed by atoms with Gasteiger partial charge in [-0.05, 0) is 23.8 Å². The van der Waals surface area contributed by atoms with Crippen LogP contribution in [0.1, 0.15) is 5.56 Å². The third-order valence-corrected chi connectivity index (χ3v) is 3.85. The van der Waals surface area contributed by atoms with Crippen LogP contribution in [0, 0.1) is 11.6 Å². The van der Waals surface area contributed by atoms with Crippen LogP contribution < -0.4 is 5.32 Å². The molecule has 6 heteroatoms. The van der Waals surface area contributed by atoms with Crippen LogP contribution in [0.5, 0.6) is 0 Å². The Morgan fingerprint density at radius 2 is 1.95 bits per heavy atom. The van der Waals surface area contributed by atoms with Crippen LogP contribution in [0.3, 0.4) is 0 Å². The smallest absolute Gasteiger partial charge is 0.142 e. The number of hydrogen-bond acceptors (Lipinski definition) is 3. The number of nitrogens with zero attached hydrogens (tertiary/aromatic N) is 3. The molecule has 0 amide bonds. The molecule has 0 spiro atoms. The Morgan fingerprint density at radius 1 is 1.09 bits per heavy atom. The normalized spacial score (nSPS) is 12.5. The monoisotopic (exact) mass is 298 g/mol. The fourth-order valence-electron chi connectivity index (χ4n) is 2.85. The molecule has 4 nitrogen and oxygen atoms in total.